The maximum Gasteiger partial charge on any atom is 0.319 e. The number of nitrogens with zero attached hydrogens (tertiary/aromatic N) is 2. The number of aromatic nitrogens is 3. The Hall–Kier alpha value is -2.21. The van der Waals surface area contributed by atoms with E-state index in [9.17, 15) is 4.79 Å². The molecule has 0 aliphatic heterocycles. The average molecular weight is 260 g/mol. The number of pyridine rings is 1. The Morgan fingerprint density at radius 1 is 1.47 bits per heavy atom. The monoisotopic (exact) mass is 260 g/mol. The molecule has 6 nitrogen and oxygen atoms in total. The van der Waals surface area contributed by atoms with E-state index < -0.39 is 0 Å². The van der Waals surface area contributed by atoms with Gasteiger partial charge in [0.05, 0.1) is 25.0 Å². The number of hydrogen-bond acceptors (Lipinski definition) is 5. The highest BCUT2D eigenvalue weighted by molar-refractivity contribution is 5.71. The molecule has 2 aromatic heterocycles. The lowest BCUT2D eigenvalue weighted by atomic mass is 10.1. The fourth-order valence-corrected chi connectivity index (χ4v) is 1.72. The van der Waals surface area contributed by atoms with Gasteiger partial charge in [-0.25, -0.2) is 0 Å². The summed E-state index contributed by atoms with van der Waals surface area (Å²) in [6, 6.07) is 3.82. The average Bonchev–Trinajstić information content (AvgIpc) is 2.88. The smallest absolute Gasteiger partial charge is 0.319 e. The molecular formula is C13H16N4O2. The van der Waals surface area contributed by atoms with Crippen LogP contribution in [0, 0.1) is 0 Å². The van der Waals surface area contributed by atoms with Gasteiger partial charge in [-0.3, -0.25) is 14.9 Å². The topological polar surface area (TPSA) is 79.9 Å². The molecule has 0 amide bonds. The Labute approximate surface area is 111 Å². The van der Waals surface area contributed by atoms with Crippen LogP contribution in [0.5, 0.6) is 0 Å². The van der Waals surface area contributed by atoms with Gasteiger partial charge in [-0.2, -0.15) is 5.10 Å². The molecule has 6 heteroatoms. The van der Waals surface area contributed by atoms with Gasteiger partial charge >= 0.3 is 5.97 Å². The number of nitrogens with one attached hydrogen (secondary N) is 2. The number of hydrogen-bond donors (Lipinski definition) is 2. The van der Waals surface area contributed by atoms with Gasteiger partial charge in [-0.1, -0.05) is 0 Å². The summed E-state index contributed by atoms with van der Waals surface area (Å²) in [5, 5.41) is 9.99. The number of esters is 1. The summed E-state index contributed by atoms with van der Waals surface area (Å²) in [7, 11) is 0. The number of ether oxygens (including phenoxy) is 1. The van der Waals surface area contributed by atoms with Crippen molar-refractivity contribution in [2.24, 2.45) is 0 Å². The zero-order valence-electron chi connectivity index (χ0n) is 10.7. The van der Waals surface area contributed by atoms with Crippen LogP contribution < -0.4 is 5.32 Å². The number of aromatic amines is 1. The Balaban J connectivity index is 1.95. The van der Waals surface area contributed by atoms with E-state index in [0.717, 1.165) is 16.8 Å². The number of carbonyl (C=O) groups is 1. The highest BCUT2D eigenvalue weighted by Gasteiger charge is 2.08. The normalized spacial score (nSPS) is 10.4. The van der Waals surface area contributed by atoms with Crippen molar-refractivity contribution >= 4 is 5.97 Å². The van der Waals surface area contributed by atoms with Gasteiger partial charge in [-0.05, 0) is 19.1 Å². The Kier molecular flexibility index (Phi) is 4.63. The molecule has 0 bridgehead atoms. The van der Waals surface area contributed by atoms with E-state index in [1.165, 1.54) is 0 Å². The van der Waals surface area contributed by atoms with E-state index in [1.807, 2.05) is 12.1 Å². The second-order valence-corrected chi connectivity index (χ2v) is 3.92. The van der Waals surface area contributed by atoms with Crippen LogP contribution in [-0.2, 0) is 16.1 Å². The molecule has 2 heterocycles. The lowest BCUT2D eigenvalue weighted by molar-refractivity contribution is -0.142. The molecule has 0 spiro atoms. The molecule has 0 atom stereocenters. The minimum atomic E-state index is -0.256. The maximum atomic E-state index is 11.2. The Bertz CT molecular complexity index is 524. The predicted molar refractivity (Wildman–Crippen MR) is 70.2 cm³/mol. The van der Waals surface area contributed by atoms with Crippen LogP contribution >= 0.6 is 0 Å². The Morgan fingerprint density at radius 3 is 3.11 bits per heavy atom. The number of carbonyl (C=O) groups excluding carboxylic acids is 1. The van der Waals surface area contributed by atoms with Crippen molar-refractivity contribution < 1.29 is 9.53 Å². The minimum absolute atomic E-state index is 0.186. The van der Waals surface area contributed by atoms with Gasteiger partial charge < -0.3 is 10.1 Å². The van der Waals surface area contributed by atoms with Crippen LogP contribution in [0.1, 0.15) is 12.5 Å². The minimum Gasteiger partial charge on any atom is -0.465 e. The van der Waals surface area contributed by atoms with Crippen molar-refractivity contribution in [3.63, 3.8) is 0 Å². The standard InChI is InChI=1S/C13H16N4O2/c1-2-19-12(18)9-15-7-11-8-16-17-13(11)10-4-3-5-14-6-10/h3-6,8,15H,2,7,9H2,1H3,(H,16,17). The molecule has 0 aromatic carbocycles. The van der Waals surface area contributed by atoms with Gasteiger partial charge in [-0.15, -0.1) is 0 Å². The second-order valence-electron chi connectivity index (χ2n) is 3.92. The van der Waals surface area contributed by atoms with Crippen molar-refractivity contribution in [2.45, 2.75) is 13.5 Å². The van der Waals surface area contributed by atoms with Gasteiger partial charge in [0, 0.05) is 30.1 Å². The quantitative estimate of drug-likeness (QED) is 0.761. The van der Waals surface area contributed by atoms with Crippen LogP contribution in [0.4, 0.5) is 0 Å². The second kappa shape index (κ2) is 6.65. The molecule has 19 heavy (non-hydrogen) atoms. The lowest BCUT2D eigenvalue weighted by Crippen LogP contribution is -2.24. The van der Waals surface area contributed by atoms with Crippen molar-refractivity contribution in [2.75, 3.05) is 13.2 Å². The number of rotatable bonds is 6. The molecule has 0 unspecified atom stereocenters. The first-order valence-corrected chi connectivity index (χ1v) is 6.10. The third-order valence-corrected chi connectivity index (χ3v) is 2.56. The van der Waals surface area contributed by atoms with Crippen molar-refractivity contribution in [1.29, 1.82) is 0 Å². The summed E-state index contributed by atoms with van der Waals surface area (Å²) in [6.07, 6.45) is 5.22. The van der Waals surface area contributed by atoms with Crippen LogP contribution in [0.25, 0.3) is 11.3 Å². The lowest BCUT2D eigenvalue weighted by Gasteiger charge is -2.05. The Morgan fingerprint density at radius 2 is 2.37 bits per heavy atom. The van der Waals surface area contributed by atoms with E-state index in [1.54, 1.807) is 25.5 Å². The molecule has 0 aliphatic rings. The van der Waals surface area contributed by atoms with Gasteiger partial charge in [0.1, 0.15) is 0 Å². The number of H-pyrrole nitrogens is 1. The first-order chi connectivity index (χ1) is 9.31. The molecule has 2 N–H and O–H groups in total. The highest BCUT2D eigenvalue weighted by Crippen LogP contribution is 2.19. The summed E-state index contributed by atoms with van der Waals surface area (Å²) < 4.78 is 4.84. The third-order valence-electron chi connectivity index (χ3n) is 2.56. The molecule has 2 aromatic rings. The fraction of sp³-hybridized carbons (Fsp3) is 0.308. The summed E-state index contributed by atoms with van der Waals surface area (Å²) in [6.45, 7) is 2.91. The first kappa shape index (κ1) is 13.2. The summed E-state index contributed by atoms with van der Waals surface area (Å²) in [5.74, 6) is -0.256. The molecule has 0 saturated carbocycles. The third kappa shape index (κ3) is 3.62. The summed E-state index contributed by atoms with van der Waals surface area (Å²) in [5.41, 5.74) is 2.86. The van der Waals surface area contributed by atoms with E-state index in [2.05, 4.69) is 20.5 Å². The van der Waals surface area contributed by atoms with Crippen LogP contribution in [0.15, 0.2) is 30.7 Å². The summed E-state index contributed by atoms with van der Waals surface area (Å²) in [4.78, 5) is 15.3. The van der Waals surface area contributed by atoms with Crippen LogP contribution in [-0.4, -0.2) is 34.3 Å². The zero-order chi connectivity index (χ0) is 13.5. The van der Waals surface area contributed by atoms with Crippen LogP contribution in [0.2, 0.25) is 0 Å². The SMILES string of the molecule is CCOC(=O)CNCc1cn[nH]c1-c1cccnc1. The summed E-state index contributed by atoms with van der Waals surface area (Å²) >= 11 is 0. The van der Waals surface area contributed by atoms with E-state index in [4.69, 9.17) is 4.74 Å². The fourth-order valence-electron chi connectivity index (χ4n) is 1.72. The van der Waals surface area contributed by atoms with Crippen molar-refractivity contribution in [3.05, 3.63) is 36.3 Å². The van der Waals surface area contributed by atoms with Crippen molar-refractivity contribution in [3.8, 4) is 11.3 Å². The van der Waals surface area contributed by atoms with Gasteiger partial charge in [0.15, 0.2) is 0 Å². The van der Waals surface area contributed by atoms with E-state index in [0.29, 0.717) is 13.2 Å². The molecule has 0 radical (unpaired) electrons. The maximum absolute atomic E-state index is 11.2. The molecule has 2 rings (SSSR count). The van der Waals surface area contributed by atoms with Gasteiger partial charge in [0.25, 0.3) is 0 Å². The molecule has 100 valence electrons. The predicted octanol–water partition coefficient (Wildman–Crippen LogP) is 1.12. The van der Waals surface area contributed by atoms with Gasteiger partial charge in [0.2, 0.25) is 0 Å². The van der Waals surface area contributed by atoms with E-state index in [-0.39, 0.29) is 12.5 Å². The zero-order valence-corrected chi connectivity index (χ0v) is 10.7. The van der Waals surface area contributed by atoms with Crippen LogP contribution in [0.3, 0.4) is 0 Å². The molecular weight excluding hydrogens is 244 g/mol. The molecule has 0 fully saturated rings. The van der Waals surface area contributed by atoms with Crippen molar-refractivity contribution in [1.82, 2.24) is 20.5 Å². The highest BCUT2D eigenvalue weighted by atomic mass is 16.5. The van der Waals surface area contributed by atoms with E-state index >= 15 is 0 Å². The largest absolute Gasteiger partial charge is 0.465 e. The first-order valence-electron chi connectivity index (χ1n) is 6.10. The molecule has 0 saturated heterocycles. The molecule has 0 aliphatic carbocycles.